The smallest absolute Gasteiger partial charge is 0.123 e. The van der Waals surface area contributed by atoms with Crippen LogP contribution in [0.3, 0.4) is 0 Å². The number of hydrogen-bond acceptors (Lipinski definition) is 5. The van der Waals surface area contributed by atoms with Gasteiger partial charge in [0.25, 0.3) is 0 Å². The fourth-order valence-electron chi connectivity index (χ4n) is 4.00. The SMILES string of the molecule is NC1N=CC=CC1(N)Cc1cc(-c2ccc3cc[nH]c3c2)ccc1OCc1ccncc1. The van der Waals surface area contributed by atoms with E-state index in [4.69, 9.17) is 16.2 Å². The van der Waals surface area contributed by atoms with Crippen molar-refractivity contribution in [2.45, 2.75) is 24.7 Å². The Morgan fingerprint density at radius 3 is 2.66 bits per heavy atom. The number of pyridine rings is 1. The minimum atomic E-state index is -0.786. The number of benzene rings is 2. The number of allylic oxidation sites excluding steroid dienone is 1. The number of aliphatic imine (C=N–C) groups is 1. The molecule has 5 N–H and O–H groups in total. The van der Waals surface area contributed by atoms with Gasteiger partial charge in [0, 0.05) is 36.7 Å². The summed E-state index contributed by atoms with van der Waals surface area (Å²) in [6.45, 7) is 0.445. The molecule has 0 fully saturated rings. The molecule has 5 rings (SSSR count). The van der Waals surface area contributed by atoms with Crippen LogP contribution in [0, 0.1) is 0 Å². The van der Waals surface area contributed by atoms with Gasteiger partial charge in [-0.2, -0.15) is 0 Å². The Balaban J connectivity index is 1.50. The Morgan fingerprint density at radius 1 is 1.00 bits per heavy atom. The molecule has 160 valence electrons. The zero-order chi connectivity index (χ0) is 22.0. The highest BCUT2D eigenvalue weighted by atomic mass is 16.5. The van der Waals surface area contributed by atoms with Crippen molar-refractivity contribution >= 4 is 17.1 Å². The van der Waals surface area contributed by atoms with Crippen LogP contribution in [0.4, 0.5) is 0 Å². The number of fused-ring (bicyclic) bond motifs is 1. The molecule has 0 saturated carbocycles. The quantitative estimate of drug-likeness (QED) is 0.437. The van der Waals surface area contributed by atoms with E-state index in [0.717, 1.165) is 33.5 Å². The summed E-state index contributed by atoms with van der Waals surface area (Å²) >= 11 is 0. The highest BCUT2D eigenvalue weighted by Crippen LogP contribution is 2.32. The number of dihydropyridines is 1. The van der Waals surface area contributed by atoms with Crippen molar-refractivity contribution in [3.8, 4) is 16.9 Å². The molecule has 0 aliphatic carbocycles. The highest BCUT2D eigenvalue weighted by molar-refractivity contribution is 5.85. The molecule has 2 aromatic heterocycles. The summed E-state index contributed by atoms with van der Waals surface area (Å²) in [6.07, 6.45) is 10.9. The van der Waals surface area contributed by atoms with Gasteiger partial charge in [-0.3, -0.25) is 9.98 Å². The van der Waals surface area contributed by atoms with Gasteiger partial charge in [0.2, 0.25) is 0 Å². The van der Waals surface area contributed by atoms with Crippen LogP contribution in [-0.4, -0.2) is 27.9 Å². The van der Waals surface area contributed by atoms with E-state index in [-0.39, 0.29) is 0 Å². The van der Waals surface area contributed by atoms with E-state index < -0.39 is 11.7 Å². The van der Waals surface area contributed by atoms with Crippen molar-refractivity contribution in [1.82, 2.24) is 9.97 Å². The fourth-order valence-corrected chi connectivity index (χ4v) is 4.00. The minimum absolute atomic E-state index is 0.445. The summed E-state index contributed by atoms with van der Waals surface area (Å²) in [5.41, 5.74) is 17.5. The largest absolute Gasteiger partial charge is 0.489 e. The Labute approximate surface area is 186 Å². The molecule has 0 spiro atoms. The Bertz CT molecular complexity index is 1290. The molecule has 2 unspecified atom stereocenters. The first kappa shape index (κ1) is 20.2. The molecule has 2 atom stereocenters. The number of hydrogen-bond donors (Lipinski definition) is 3. The van der Waals surface area contributed by atoms with Gasteiger partial charge in [-0.05, 0) is 70.1 Å². The fraction of sp³-hybridized carbons (Fsp3) is 0.154. The van der Waals surface area contributed by atoms with Gasteiger partial charge in [-0.1, -0.05) is 24.3 Å². The summed E-state index contributed by atoms with van der Waals surface area (Å²) in [5, 5.41) is 1.18. The maximum Gasteiger partial charge on any atom is 0.123 e. The Kier molecular flexibility index (Phi) is 5.31. The van der Waals surface area contributed by atoms with Crippen molar-refractivity contribution < 1.29 is 4.74 Å². The van der Waals surface area contributed by atoms with E-state index >= 15 is 0 Å². The first-order valence-corrected chi connectivity index (χ1v) is 10.6. The van der Waals surface area contributed by atoms with E-state index in [9.17, 15) is 0 Å². The molecule has 0 saturated heterocycles. The summed E-state index contributed by atoms with van der Waals surface area (Å²) in [7, 11) is 0. The van der Waals surface area contributed by atoms with Gasteiger partial charge in [0.05, 0.1) is 5.54 Å². The molecule has 32 heavy (non-hydrogen) atoms. The lowest BCUT2D eigenvalue weighted by Crippen LogP contribution is -2.55. The summed E-state index contributed by atoms with van der Waals surface area (Å²) in [6, 6.07) is 18.6. The molecule has 0 radical (unpaired) electrons. The molecule has 2 aromatic carbocycles. The molecule has 0 amide bonds. The zero-order valence-electron chi connectivity index (χ0n) is 17.6. The first-order valence-electron chi connectivity index (χ1n) is 10.6. The Morgan fingerprint density at radius 2 is 1.81 bits per heavy atom. The molecular weight excluding hydrogens is 398 g/mol. The van der Waals surface area contributed by atoms with Crippen molar-refractivity contribution in [3.05, 3.63) is 96.5 Å². The highest BCUT2D eigenvalue weighted by Gasteiger charge is 2.32. The number of nitrogens with two attached hydrogens (primary N) is 2. The van der Waals surface area contributed by atoms with Crippen LogP contribution in [0.2, 0.25) is 0 Å². The third-order valence-electron chi connectivity index (χ3n) is 5.88. The van der Waals surface area contributed by atoms with Crippen LogP contribution >= 0.6 is 0 Å². The van der Waals surface area contributed by atoms with Gasteiger partial charge >= 0.3 is 0 Å². The molecule has 1 aliphatic rings. The van der Waals surface area contributed by atoms with Gasteiger partial charge in [0.15, 0.2) is 0 Å². The number of ether oxygens (including phenoxy) is 1. The van der Waals surface area contributed by atoms with Crippen LogP contribution in [-0.2, 0) is 13.0 Å². The second-order valence-electron chi connectivity index (χ2n) is 8.14. The van der Waals surface area contributed by atoms with Gasteiger partial charge < -0.3 is 21.2 Å². The summed E-state index contributed by atoms with van der Waals surface area (Å²) in [5.74, 6) is 0.784. The molecule has 3 heterocycles. The Hall–Kier alpha value is -3.74. The molecule has 6 heteroatoms. The number of H-pyrrole nitrogens is 1. The normalized spacial score (nSPS) is 20.0. The molecule has 4 aromatic rings. The van der Waals surface area contributed by atoms with Gasteiger partial charge in [0.1, 0.15) is 18.5 Å². The third-order valence-corrected chi connectivity index (χ3v) is 5.88. The number of aromatic nitrogens is 2. The lowest BCUT2D eigenvalue weighted by atomic mass is 9.86. The monoisotopic (exact) mass is 423 g/mol. The molecule has 0 bridgehead atoms. The van der Waals surface area contributed by atoms with E-state index in [1.807, 2.05) is 36.5 Å². The number of nitrogens with one attached hydrogen (secondary N) is 1. The predicted octanol–water partition coefficient (Wildman–Crippen LogP) is 3.97. The topological polar surface area (TPSA) is 102 Å². The van der Waals surface area contributed by atoms with E-state index in [1.165, 1.54) is 5.39 Å². The summed E-state index contributed by atoms with van der Waals surface area (Å²) < 4.78 is 6.20. The van der Waals surface area contributed by atoms with Crippen LogP contribution in [0.25, 0.3) is 22.0 Å². The second-order valence-corrected chi connectivity index (χ2v) is 8.14. The van der Waals surface area contributed by atoms with Gasteiger partial charge in [-0.15, -0.1) is 0 Å². The maximum absolute atomic E-state index is 6.67. The van der Waals surface area contributed by atoms with Crippen molar-refractivity contribution in [3.63, 3.8) is 0 Å². The van der Waals surface area contributed by atoms with Crippen LogP contribution < -0.4 is 16.2 Å². The third kappa shape index (κ3) is 4.06. The van der Waals surface area contributed by atoms with Crippen LogP contribution in [0.5, 0.6) is 5.75 Å². The van der Waals surface area contributed by atoms with Gasteiger partial charge in [-0.25, -0.2) is 0 Å². The second kappa shape index (κ2) is 8.42. The van der Waals surface area contributed by atoms with E-state index in [1.54, 1.807) is 18.6 Å². The van der Waals surface area contributed by atoms with Crippen molar-refractivity contribution in [2.24, 2.45) is 16.5 Å². The standard InChI is InChI=1S/C26H25N5O/c27-25-26(28,9-1-10-31-25)16-22-14-20(21-3-2-19-8-13-30-23(19)15-21)4-5-24(22)32-17-18-6-11-29-12-7-18/h1-15,25,30H,16-17,27-28H2. The average molecular weight is 424 g/mol. The van der Waals surface area contributed by atoms with E-state index in [2.05, 4.69) is 51.4 Å². The first-order chi connectivity index (χ1) is 15.6. The number of rotatable bonds is 6. The summed E-state index contributed by atoms with van der Waals surface area (Å²) in [4.78, 5) is 11.6. The number of aromatic amines is 1. The number of nitrogens with zero attached hydrogens (tertiary/aromatic N) is 2. The van der Waals surface area contributed by atoms with Crippen LogP contribution in [0.1, 0.15) is 11.1 Å². The van der Waals surface area contributed by atoms with Crippen LogP contribution in [0.15, 0.2) is 90.3 Å². The lowest BCUT2D eigenvalue weighted by molar-refractivity contribution is 0.299. The van der Waals surface area contributed by atoms with Crippen molar-refractivity contribution in [1.29, 1.82) is 0 Å². The maximum atomic E-state index is 6.67. The predicted molar refractivity (Wildman–Crippen MR) is 129 cm³/mol. The van der Waals surface area contributed by atoms with Crippen molar-refractivity contribution in [2.75, 3.05) is 0 Å². The molecular formula is C26H25N5O. The average Bonchev–Trinajstić information content (AvgIpc) is 3.29. The molecule has 6 nitrogen and oxygen atoms in total. The van der Waals surface area contributed by atoms with E-state index in [0.29, 0.717) is 13.0 Å². The molecule has 1 aliphatic heterocycles. The minimum Gasteiger partial charge on any atom is -0.489 e. The lowest BCUT2D eigenvalue weighted by Gasteiger charge is -2.32. The zero-order valence-corrected chi connectivity index (χ0v) is 17.6.